The molecule has 2 aromatic rings. The maximum absolute atomic E-state index is 13.4. The summed E-state index contributed by atoms with van der Waals surface area (Å²) >= 11 is 0. The normalized spacial score (nSPS) is 13.9. The first kappa shape index (κ1) is 27.3. The molecular weight excluding hydrogens is 458 g/mol. The summed E-state index contributed by atoms with van der Waals surface area (Å²) in [6.45, 7) is 5.49. The van der Waals surface area contributed by atoms with Crippen LogP contribution in [0.1, 0.15) is 40.9 Å². The van der Waals surface area contributed by atoms with Crippen LogP contribution in [0.25, 0.3) is 0 Å². The summed E-state index contributed by atoms with van der Waals surface area (Å²) in [5, 5.41) is 6.43. The molecule has 2 N–H and O–H groups in total. The lowest BCUT2D eigenvalue weighted by Gasteiger charge is -2.30. The molecule has 1 aliphatic rings. The molecule has 0 spiro atoms. The Kier molecular flexibility index (Phi) is 10.5. The molecule has 9 heteroatoms. The summed E-state index contributed by atoms with van der Waals surface area (Å²) in [4.78, 5) is 27.3. The Bertz CT molecular complexity index is 979. The van der Waals surface area contributed by atoms with Gasteiger partial charge >= 0.3 is 5.97 Å². The first-order valence-electron chi connectivity index (χ1n) is 11.1. The molecule has 8 nitrogen and oxygen atoms in total. The minimum Gasteiger partial charge on any atom is -0.493 e. The molecule has 2 aromatic carbocycles. The number of hydrogen-bond donors (Lipinski definition) is 2. The van der Waals surface area contributed by atoms with E-state index in [1.807, 2.05) is 43.3 Å². The van der Waals surface area contributed by atoms with Crippen molar-refractivity contribution in [2.75, 3.05) is 52.4 Å². The molecular formula is C25H34ClN3O5. The van der Waals surface area contributed by atoms with Crippen LogP contribution in [0.15, 0.2) is 36.4 Å². The van der Waals surface area contributed by atoms with Gasteiger partial charge in [0.05, 0.1) is 27.4 Å². The zero-order valence-corrected chi connectivity index (χ0v) is 21.0. The predicted molar refractivity (Wildman–Crippen MR) is 135 cm³/mol. The zero-order valence-electron chi connectivity index (χ0n) is 20.2. The van der Waals surface area contributed by atoms with Gasteiger partial charge in [0.1, 0.15) is 0 Å². The van der Waals surface area contributed by atoms with Gasteiger partial charge in [0.15, 0.2) is 11.5 Å². The van der Waals surface area contributed by atoms with Crippen LogP contribution in [-0.2, 0) is 16.0 Å². The third kappa shape index (κ3) is 6.77. The lowest BCUT2D eigenvalue weighted by atomic mass is 9.99. The highest BCUT2D eigenvalue weighted by Crippen LogP contribution is 2.30. The van der Waals surface area contributed by atoms with Crippen LogP contribution in [0, 0.1) is 0 Å². The maximum Gasteiger partial charge on any atom is 0.305 e. The van der Waals surface area contributed by atoms with Gasteiger partial charge in [-0.2, -0.15) is 0 Å². The van der Waals surface area contributed by atoms with Crippen LogP contribution in [0.5, 0.6) is 11.5 Å². The standard InChI is InChI=1S/C25H33N3O5.ClH/c1-17(19-6-9-22(31-2)23(15-19)32-3)27-25(30)21-16-20(28-13-11-26-12-14-28)8-5-18(21)7-10-24(29)33-4;/h5-6,8-9,15-17,26H,7,10-14H2,1-4H3,(H,27,30);1H/t17-;/m1./s1. The molecule has 0 unspecified atom stereocenters. The Morgan fingerprint density at radius 3 is 2.38 bits per heavy atom. The van der Waals surface area contributed by atoms with Crippen molar-refractivity contribution in [2.45, 2.75) is 25.8 Å². The number of piperazine rings is 1. The minimum absolute atomic E-state index is 0. The number of carbonyl (C=O) groups excluding carboxylic acids is 2. The molecule has 1 atom stereocenters. The first-order chi connectivity index (χ1) is 16.0. The van der Waals surface area contributed by atoms with Crippen molar-refractivity contribution in [1.29, 1.82) is 0 Å². The van der Waals surface area contributed by atoms with Gasteiger partial charge in [0, 0.05) is 43.9 Å². The van der Waals surface area contributed by atoms with E-state index in [9.17, 15) is 9.59 Å². The summed E-state index contributed by atoms with van der Waals surface area (Å²) in [5.74, 6) is 0.754. The van der Waals surface area contributed by atoms with Crippen molar-refractivity contribution in [3.63, 3.8) is 0 Å². The van der Waals surface area contributed by atoms with Crippen molar-refractivity contribution in [1.82, 2.24) is 10.6 Å². The van der Waals surface area contributed by atoms with Crippen LogP contribution >= 0.6 is 12.4 Å². The summed E-state index contributed by atoms with van der Waals surface area (Å²) in [6.07, 6.45) is 0.650. The van der Waals surface area contributed by atoms with Crippen LogP contribution in [0.4, 0.5) is 5.69 Å². The van der Waals surface area contributed by atoms with Crippen LogP contribution in [-0.4, -0.2) is 59.4 Å². The van der Waals surface area contributed by atoms with Crippen molar-refractivity contribution >= 4 is 30.0 Å². The van der Waals surface area contributed by atoms with Gasteiger partial charge in [-0.25, -0.2) is 0 Å². The number of methoxy groups -OCH3 is 3. The average molecular weight is 492 g/mol. The Hall–Kier alpha value is -2.97. The molecule has 1 aliphatic heterocycles. The zero-order chi connectivity index (χ0) is 23.8. The van der Waals surface area contributed by atoms with E-state index in [1.54, 1.807) is 14.2 Å². The number of benzene rings is 2. The Morgan fingerprint density at radius 1 is 1.03 bits per heavy atom. The van der Waals surface area contributed by atoms with Crippen LogP contribution in [0.3, 0.4) is 0 Å². The smallest absolute Gasteiger partial charge is 0.305 e. The molecule has 0 bridgehead atoms. The van der Waals surface area contributed by atoms with Gasteiger partial charge in [-0.15, -0.1) is 12.4 Å². The van der Waals surface area contributed by atoms with E-state index in [1.165, 1.54) is 7.11 Å². The number of amides is 1. The Morgan fingerprint density at radius 2 is 1.74 bits per heavy atom. The highest BCUT2D eigenvalue weighted by atomic mass is 35.5. The van der Waals surface area contributed by atoms with E-state index in [4.69, 9.17) is 14.2 Å². The average Bonchev–Trinajstić information content (AvgIpc) is 2.87. The lowest BCUT2D eigenvalue weighted by molar-refractivity contribution is -0.140. The molecule has 34 heavy (non-hydrogen) atoms. The van der Waals surface area contributed by atoms with E-state index in [2.05, 4.69) is 15.5 Å². The first-order valence-corrected chi connectivity index (χ1v) is 11.1. The summed E-state index contributed by atoms with van der Waals surface area (Å²) in [6, 6.07) is 11.2. The highest BCUT2D eigenvalue weighted by Gasteiger charge is 2.20. The van der Waals surface area contributed by atoms with Crippen LogP contribution < -0.4 is 25.0 Å². The van der Waals surface area contributed by atoms with Crippen molar-refractivity contribution in [3.05, 3.63) is 53.1 Å². The van der Waals surface area contributed by atoms with E-state index in [0.29, 0.717) is 23.5 Å². The number of anilines is 1. The molecule has 1 saturated heterocycles. The summed E-state index contributed by atoms with van der Waals surface area (Å²) in [7, 11) is 4.54. The number of rotatable bonds is 9. The lowest BCUT2D eigenvalue weighted by Crippen LogP contribution is -2.43. The van der Waals surface area contributed by atoms with Gasteiger partial charge in [-0.05, 0) is 48.7 Å². The summed E-state index contributed by atoms with van der Waals surface area (Å²) < 4.78 is 15.5. The van der Waals surface area contributed by atoms with Gasteiger partial charge in [0.25, 0.3) is 5.91 Å². The van der Waals surface area contributed by atoms with E-state index < -0.39 is 0 Å². The van der Waals surface area contributed by atoms with Crippen molar-refractivity contribution in [2.24, 2.45) is 0 Å². The molecule has 3 rings (SSSR count). The monoisotopic (exact) mass is 491 g/mol. The molecule has 1 amide bonds. The van der Waals surface area contributed by atoms with Crippen LogP contribution in [0.2, 0.25) is 0 Å². The summed E-state index contributed by atoms with van der Waals surface area (Å²) in [5.41, 5.74) is 3.29. The van der Waals surface area contributed by atoms with E-state index in [-0.39, 0.29) is 36.7 Å². The van der Waals surface area contributed by atoms with Crippen molar-refractivity contribution in [3.8, 4) is 11.5 Å². The number of nitrogens with zero attached hydrogens (tertiary/aromatic N) is 1. The Balaban J connectivity index is 0.00000408. The highest BCUT2D eigenvalue weighted by molar-refractivity contribution is 5.97. The second-order valence-corrected chi connectivity index (χ2v) is 7.96. The number of hydrogen-bond acceptors (Lipinski definition) is 7. The van der Waals surface area contributed by atoms with Gasteiger partial charge in [0.2, 0.25) is 0 Å². The number of ether oxygens (including phenoxy) is 3. The quantitative estimate of drug-likeness (QED) is 0.521. The molecule has 0 radical (unpaired) electrons. The molecule has 0 aromatic heterocycles. The number of esters is 1. The predicted octanol–water partition coefficient (Wildman–Crippen LogP) is 3.13. The molecule has 1 fully saturated rings. The fraction of sp³-hybridized carbons (Fsp3) is 0.440. The molecule has 1 heterocycles. The van der Waals surface area contributed by atoms with Gasteiger partial charge in [-0.1, -0.05) is 12.1 Å². The van der Waals surface area contributed by atoms with E-state index in [0.717, 1.165) is 43.0 Å². The van der Waals surface area contributed by atoms with Gasteiger partial charge < -0.3 is 29.7 Å². The molecule has 0 saturated carbocycles. The minimum atomic E-state index is -0.300. The van der Waals surface area contributed by atoms with E-state index >= 15 is 0 Å². The van der Waals surface area contributed by atoms with Gasteiger partial charge in [-0.3, -0.25) is 9.59 Å². The Labute approximate surface area is 207 Å². The molecule has 186 valence electrons. The second kappa shape index (κ2) is 13.1. The largest absolute Gasteiger partial charge is 0.493 e. The topological polar surface area (TPSA) is 89.1 Å². The maximum atomic E-state index is 13.4. The molecule has 0 aliphatic carbocycles. The number of carbonyl (C=O) groups is 2. The third-order valence-corrected chi connectivity index (χ3v) is 5.90. The number of halogens is 1. The van der Waals surface area contributed by atoms with Crippen molar-refractivity contribution < 1.29 is 23.8 Å². The second-order valence-electron chi connectivity index (χ2n) is 7.96. The third-order valence-electron chi connectivity index (χ3n) is 5.90. The number of aryl methyl sites for hydroxylation is 1. The number of nitrogens with one attached hydrogen (secondary N) is 2. The fourth-order valence-corrected chi connectivity index (χ4v) is 3.93. The SMILES string of the molecule is COC(=O)CCc1ccc(N2CCNCC2)cc1C(=O)N[C@H](C)c1ccc(OC)c(OC)c1.Cl. The fourth-order valence-electron chi connectivity index (χ4n) is 3.93.